The molecule has 4 aromatic carbocycles. The molecule has 0 aliphatic heterocycles. The van der Waals surface area contributed by atoms with Crippen LogP contribution < -0.4 is 10.6 Å². The molecule has 144 valence electrons. The lowest BCUT2D eigenvalue weighted by Gasteiger charge is -2.17. The zero-order valence-electron chi connectivity index (χ0n) is 16.4. The Kier molecular flexibility index (Phi) is 5.68. The van der Waals surface area contributed by atoms with Crippen LogP contribution in [0.2, 0.25) is 0 Å². The number of carbonyl (C=O) groups excluding carboxylic acids is 1. The molecular weight excluding hydrogens is 356 g/mol. The van der Waals surface area contributed by atoms with E-state index in [1.807, 2.05) is 54.6 Å². The van der Waals surface area contributed by atoms with E-state index in [0.29, 0.717) is 5.56 Å². The number of hydrogen-bond acceptors (Lipinski definition) is 2. The molecule has 1 amide bonds. The van der Waals surface area contributed by atoms with E-state index in [2.05, 4.69) is 60.0 Å². The molecule has 2 N–H and O–H groups in total. The van der Waals surface area contributed by atoms with E-state index in [1.54, 1.807) is 0 Å². The van der Waals surface area contributed by atoms with Crippen LogP contribution in [0, 0.1) is 0 Å². The number of para-hydroxylation sites is 1. The van der Waals surface area contributed by atoms with E-state index in [0.717, 1.165) is 17.8 Å². The monoisotopic (exact) mass is 380 g/mol. The van der Waals surface area contributed by atoms with Gasteiger partial charge in [-0.3, -0.25) is 4.79 Å². The fourth-order valence-corrected chi connectivity index (χ4v) is 3.51. The summed E-state index contributed by atoms with van der Waals surface area (Å²) in [6.07, 6.45) is 0. The van der Waals surface area contributed by atoms with Crippen LogP contribution in [-0.4, -0.2) is 5.91 Å². The highest BCUT2D eigenvalue weighted by Gasteiger charge is 2.10. The van der Waals surface area contributed by atoms with Gasteiger partial charge < -0.3 is 10.6 Å². The van der Waals surface area contributed by atoms with Gasteiger partial charge in [0.25, 0.3) is 5.91 Å². The fraction of sp³-hybridized carbons (Fsp3) is 0.115. The quantitative estimate of drug-likeness (QED) is 0.434. The summed E-state index contributed by atoms with van der Waals surface area (Å²) in [7, 11) is 0. The first-order valence-electron chi connectivity index (χ1n) is 9.87. The first kappa shape index (κ1) is 18.9. The normalized spacial score (nSPS) is 11.9. The number of amides is 1. The van der Waals surface area contributed by atoms with Crippen LogP contribution >= 0.6 is 0 Å². The first-order valence-corrected chi connectivity index (χ1v) is 9.87. The van der Waals surface area contributed by atoms with Gasteiger partial charge in [0.05, 0.1) is 0 Å². The average Bonchev–Trinajstić information content (AvgIpc) is 2.78. The second-order valence-electron chi connectivity index (χ2n) is 7.19. The van der Waals surface area contributed by atoms with E-state index in [1.165, 1.54) is 16.3 Å². The molecule has 0 heterocycles. The summed E-state index contributed by atoms with van der Waals surface area (Å²) in [5.74, 6) is -0.0974. The summed E-state index contributed by atoms with van der Waals surface area (Å²) in [6, 6.07) is 32.4. The van der Waals surface area contributed by atoms with Crippen molar-refractivity contribution in [3.8, 4) is 0 Å². The number of benzene rings is 4. The fourth-order valence-electron chi connectivity index (χ4n) is 3.51. The van der Waals surface area contributed by atoms with E-state index < -0.39 is 0 Å². The minimum atomic E-state index is -0.0974. The minimum Gasteiger partial charge on any atom is -0.322 e. The predicted molar refractivity (Wildman–Crippen MR) is 120 cm³/mol. The van der Waals surface area contributed by atoms with Crippen molar-refractivity contribution in [2.45, 2.75) is 19.5 Å². The van der Waals surface area contributed by atoms with Crippen LogP contribution in [0.4, 0.5) is 5.69 Å². The summed E-state index contributed by atoms with van der Waals surface area (Å²) in [5.41, 5.74) is 3.89. The van der Waals surface area contributed by atoms with Crippen LogP contribution in [-0.2, 0) is 6.54 Å². The first-order chi connectivity index (χ1) is 14.2. The Bertz CT molecular complexity index is 1100. The summed E-state index contributed by atoms with van der Waals surface area (Å²) >= 11 is 0. The summed E-state index contributed by atoms with van der Waals surface area (Å²) in [6.45, 7) is 2.93. The van der Waals surface area contributed by atoms with Crippen molar-refractivity contribution in [1.82, 2.24) is 5.32 Å². The molecule has 0 bridgehead atoms. The number of nitrogens with one attached hydrogen (secondary N) is 2. The lowest BCUT2D eigenvalue weighted by molar-refractivity contribution is 0.102. The van der Waals surface area contributed by atoms with Gasteiger partial charge in [-0.2, -0.15) is 0 Å². The maximum atomic E-state index is 12.4. The van der Waals surface area contributed by atoms with Crippen LogP contribution in [0.25, 0.3) is 10.8 Å². The Morgan fingerprint density at radius 2 is 1.48 bits per heavy atom. The van der Waals surface area contributed by atoms with Crippen LogP contribution in [0.3, 0.4) is 0 Å². The third-order valence-electron chi connectivity index (χ3n) is 5.15. The van der Waals surface area contributed by atoms with Gasteiger partial charge >= 0.3 is 0 Å². The molecule has 0 saturated carbocycles. The summed E-state index contributed by atoms with van der Waals surface area (Å²) in [4.78, 5) is 12.4. The molecule has 0 unspecified atom stereocenters. The van der Waals surface area contributed by atoms with Crippen LogP contribution in [0.5, 0.6) is 0 Å². The molecule has 4 rings (SSSR count). The number of hydrogen-bond donors (Lipinski definition) is 2. The molecule has 0 aromatic heterocycles. The Balaban J connectivity index is 1.39. The maximum absolute atomic E-state index is 12.4. The SMILES string of the molecule is C[C@H](NCc1ccc(C(=O)Nc2ccccc2)cc1)c1cccc2ccccc12. The van der Waals surface area contributed by atoms with E-state index in [-0.39, 0.29) is 11.9 Å². The maximum Gasteiger partial charge on any atom is 0.255 e. The van der Waals surface area contributed by atoms with Crippen LogP contribution in [0.1, 0.15) is 34.5 Å². The van der Waals surface area contributed by atoms with E-state index >= 15 is 0 Å². The molecule has 3 heteroatoms. The molecule has 0 aliphatic carbocycles. The summed E-state index contributed by atoms with van der Waals surface area (Å²) < 4.78 is 0. The van der Waals surface area contributed by atoms with Crippen molar-refractivity contribution < 1.29 is 4.79 Å². The highest BCUT2D eigenvalue weighted by Crippen LogP contribution is 2.24. The van der Waals surface area contributed by atoms with E-state index in [9.17, 15) is 4.79 Å². The van der Waals surface area contributed by atoms with Gasteiger partial charge in [0.15, 0.2) is 0 Å². The highest BCUT2D eigenvalue weighted by molar-refractivity contribution is 6.04. The number of anilines is 1. The number of carbonyl (C=O) groups is 1. The zero-order valence-corrected chi connectivity index (χ0v) is 16.4. The molecule has 4 aromatic rings. The van der Waals surface area contributed by atoms with Crippen molar-refractivity contribution in [2.75, 3.05) is 5.32 Å². The highest BCUT2D eigenvalue weighted by atomic mass is 16.1. The third kappa shape index (κ3) is 4.53. The Labute approximate surface area is 171 Å². The van der Waals surface area contributed by atoms with Crippen molar-refractivity contribution >= 4 is 22.4 Å². The minimum absolute atomic E-state index is 0.0974. The third-order valence-corrected chi connectivity index (χ3v) is 5.15. The van der Waals surface area contributed by atoms with Gasteiger partial charge in [0.2, 0.25) is 0 Å². The van der Waals surface area contributed by atoms with Crippen molar-refractivity contribution in [3.63, 3.8) is 0 Å². The average molecular weight is 380 g/mol. The molecule has 29 heavy (non-hydrogen) atoms. The Morgan fingerprint density at radius 1 is 0.793 bits per heavy atom. The van der Waals surface area contributed by atoms with Gasteiger partial charge in [-0.15, -0.1) is 0 Å². The largest absolute Gasteiger partial charge is 0.322 e. The Morgan fingerprint density at radius 3 is 2.28 bits per heavy atom. The molecule has 0 saturated heterocycles. The molecule has 0 fully saturated rings. The molecule has 0 aliphatic rings. The second-order valence-corrected chi connectivity index (χ2v) is 7.19. The lowest BCUT2D eigenvalue weighted by atomic mass is 9.99. The lowest BCUT2D eigenvalue weighted by Crippen LogP contribution is -2.18. The van der Waals surface area contributed by atoms with Crippen LogP contribution in [0.15, 0.2) is 97.1 Å². The standard InChI is InChI=1S/C26H24N2O/c1-19(24-13-7-9-21-8-5-6-12-25(21)24)27-18-20-14-16-22(17-15-20)26(29)28-23-10-3-2-4-11-23/h2-17,19,27H,18H2,1H3,(H,28,29)/t19-/m0/s1. The topological polar surface area (TPSA) is 41.1 Å². The number of fused-ring (bicyclic) bond motifs is 1. The van der Waals surface area contributed by atoms with Gasteiger partial charge in [-0.05, 0) is 53.1 Å². The molecule has 3 nitrogen and oxygen atoms in total. The van der Waals surface area contributed by atoms with Gasteiger partial charge in [0, 0.05) is 23.8 Å². The van der Waals surface area contributed by atoms with Gasteiger partial charge in [-0.1, -0.05) is 72.8 Å². The van der Waals surface area contributed by atoms with Crippen molar-refractivity contribution in [2.24, 2.45) is 0 Å². The molecule has 0 radical (unpaired) electrons. The predicted octanol–water partition coefficient (Wildman–Crippen LogP) is 5.94. The van der Waals surface area contributed by atoms with E-state index in [4.69, 9.17) is 0 Å². The second kappa shape index (κ2) is 8.72. The molecule has 1 atom stereocenters. The summed E-state index contributed by atoms with van der Waals surface area (Å²) in [5, 5.41) is 9.04. The zero-order chi connectivity index (χ0) is 20.1. The van der Waals surface area contributed by atoms with Crippen molar-refractivity contribution in [3.05, 3.63) is 114 Å². The van der Waals surface area contributed by atoms with Gasteiger partial charge in [-0.25, -0.2) is 0 Å². The Hall–Kier alpha value is -3.43. The van der Waals surface area contributed by atoms with Gasteiger partial charge in [0.1, 0.15) is 0 Å². The number of rotatable bonds is 6. The molecule has 0 spiro atoms. The van der Waals surface area contributed by atoms with Crippen molar-refractivity contribution in [1.29, 1.82) is 0 Å². The smallest absolute Gasteiger partial charge is 0.255 e. The molecular formula is C26H24N2O.